The van der Waals surface area contributed by atoms with E-state index < -0.39 is 0 Å². The van der Waals surface area contributed by atoms with E-state index in [2.05, 4.69) is 9.55 Å². The van der Waals surface area contributed by atoms with Crippen LogP contribution in [0.5, 0.6) is 0 Å². The van der Waals surface area contributed by atoms with Crippen LogP contribution >= 0.6 is 0 Å². The number of hydrogen-bond donors (Lipinski definition) is 1. The third kappa shape index (κ3) is 2.35. The minimum absolute atomic E-state index is 0.785. The second-order valence-corrected chi connectivity index (χ2v) is 2.66. The van der Waals surface area contributed by atoms with Crippen LogP contribution in [0.25, 0.3) is 0 Å². The van der Waals surface area contributed by atoms with Crippen molar-refractivity contribution < 1.29 is 0 Å². The summed E-state index contributed by atoms with van der Waals surface area (Å²) in [6, 6.07) is 0. The summed E-state index contributed by atoms with van der Waals surface area (Å²) in [5, 5.41) is 0. The number of aromatic nitrogens is 2. The van der Waals surface area contributed by atoms with Gasteiger partial charge in [0.25, 0.3) is 0 Å². The molecule has 0 aromatic carbocycles. The summed E-state index contributed by atoms with van der Waals surface area (Å²) >= 11 is 0. The molecule has 3 heteroatoms. The molecule has 0 bridgehead atoms. The van der Waals surface area contributed by atoms with Gasteiger partial charge in [-0.15, -0.1) is 0 Å². The monoisotopic (exact) mass is 153 g/mol. The second-order valence-electron chi connectivity index (χ2n) is 2.66. The average molecular weight is 153 g/mol. The van der Waals surface area contributed by atoms with Crippen molar-refractivity contribution in [3.05, 3.63) is 18.2 Å². The Morgan fingerprint density at radius 3 is 2.91 bits per heavy atom. The smallest absolute Gasteiger partial charge is 0.105 e. The van der Waals surface area contributed by atoms with E-state index in [4.69, 9.17) is 5.73 Å². The highest BCUT2D eigenvalue weighted by Gasteiger charge is 1.94. The molecule has 0 atom stereocenters. The van der Waals surface area contributed by atoms with Crippen LogP contribution < -0.4 is 5.73 Å². The van der Waals surface area contributed by atoms with Crippen molar-refractivity contribution >= 4 is 0 Å². The number of imidazole rings is 1. The molecule has 0 saturated carbocycles. The number of rotatable bonds is 4. The summed E-state index contributed by atoms with van der Waals surface area (Å²) in [5.74, 6) is 1.09. The maximum absolute atomic E-state index is 5.38. The number of hydrogen-bond acceptors (Lipinski definition) is 2. The quantitative estimate of drug-likeness (QED) is 0.654. The van der Waals surface area contributed by atoms with Crippen LogP contribution in [0.2, 0.25) is 0 Å². The number of nitrogens with zero attached hydrogens (tertiary/aromatic N) is 2. The van der Waals surface area contributed by atoms with Crippen molar-refractivity contribution in [2.45, 2.75) is 26.3 Å². The molecule has 0 radical (unpaired) electrons. The Labute approximate surface area is 67.2 Å². The third-order valence-electron chi connectivity index (χ3n) is 1.78. The molecule has 0 unspecified atom stereocenters. The molecule has 3 nitrogen and oxygen atoms in total. The van der Waals surface area contributed by atoms with Crippen molar-refractivity contribution in [3.63, 3.8) is 0 Å². The first kappa shape index (κ1) is 8.27. The molecule has 0 amide bonds. The predicted molar refractivity (Wildman–Crippen MR) is 45.3 cm³/mol. The molecule has 2 N–H and O–H groups in total. The van der Waals surface area contributed by atoms with Gasteiger partial charge in [0.15, 0.2) is 0 Å². The Balaban J connectivity index is 2.32. The van der Waals surface area contributed by atoms with Crippen molar-refractivity contribution in [1.82, 2.24) is 9.55 Å². The van der Waals surface area contributed by atoms with Crippen molar-refractivity contribution in [2.75, 3.05) is 6.54 Å². The summed E-state index contributed by atoms with van der Waals surface area (Å²) in [7, 11) is 0. The average Bonchev–Trinajstić information content (AvgIpc) is 2.37. The highest BCUT2D eigenvalue weighted by atomic mass is 15.0. The van der Waals surface area contributed by atoms with Crippen molar-refractivity contribution in [2.24, 2.45) is 5.73 Å². The van der Waals surface area contributed by atoms with E-state index in [0.29, 0.717) is 0 Å². The lowest BCUT2D eigenvalue weighted by molar-refractivity contribution is 0.601. The third-order valence-corrected chi connectivity index (χ3v) is 1.78. The van der Waals surface area contributed by atoms with Crippen LogP contribution in [0.1, 0.15) is 18.7 Å². The number of nitrogens with two attached hydrogens (primary N) is 1. The van der Waals surface area contributed by atoms with Gasteiger partial charge < -0.3 is 10.3 Å². The Morgan fingerprint density at radius 2 is 2.36 bits per heavy atom. The van der Waals surface area contributed by atoms with Crippen LogP contribution in [0.4, 0.5) is 0 Å². The van der Waals surface area contributed by atoms with E-state index >= 15 is 0 Å². The lowest BCUT2D eigenvalue weighted by atomic mass is 10.3. The van der Waals surface area contributed by atoms with E-state index in [1.165, 1.54) is 0 Å². The van der Waals surface area contributed by atoms with Gasteiger partial charge >= 0.3 is 0 Å². The first-order chi connectivity index (χ1) is 5.34. The fourth-order valence-electron chi connectivity index (χ4n) is 1.07. The summed E-state index contributed by atoms with van der Waals surface area (Å²) in [6.07, 6.45) is 6.08. The standard InChI is InChI=1S/C8H15N3/c1-8-10-5-7-11(8)6-3-2-4-9/h5,7H,2-4,6,9H2,1H3. The van der Waals surface area contributed by atoms with Crippen molar-refractivity contribution in [3.8, 4) is 0 Å². The zero-order valence-electron chi connectivity index (χ0n) is 6.95. The molecule has 1 rings (SSSR count). The van der Waals surface area contributed by atoms with Gasteiger partial charge in [0, 0.05) is 18.9 Å². The molecule has 0 aliphatic heterocycles. The minimum atomic E-state index is 0.785. The maximum atomic E-state index is 5.38. The first-order valence-corrected chi connectivity index (χ1v) is 4.02. The van der Waals surface area contributed by atoms with Crippen LogP contribution in [-0.2, 0) is 6.54 Å². The highest BCUT2D eigenvalue weighted by molar-refractivity contribution is 4.87. The van der Waals surface area contributed by atoms with Crippen molar-refractivity contribution in [1.29, 1.82) is 0 Å². The zero-order valence-corrected chi connectivity index (χ0v) is 6.95. The fourth-order valence-corrected chi connectivity index (χ4v) is 1.07. The van der Waals surface area contributed by atoms with E-state index in [1.807, 2.05) is 19.3 Å². The summed E-state index contributed by atoms with van der Waals surface area (Å²) in [4.78, 5) is 4.13. The van der Waals surface area contributed by atoms with Gasteiger partial charge in [0.1, 0.15) is 5.82 Å². The molecule has 0 saturated heterocycles. The lowest BCUT2D eigenvalue weighted by Gasteiger charge is -2.02. The Kier molecular flexibility index (Phi) is 3.11. The van der Waals surface area contributed by atoms with Gasteiger partial charge in [0.2, 0.25) is 0 Å². The van der Waals surface area contributed by atoms with Crippen LogP contribution in [0.15, 0.2) is 12.4 Å². The van der Waals surface area contributed by atoms with Gasteiger partial charge in [-0.05, 0) is 26.3 Å². The molecule has 1 aromatic rings. The molecule has 11 heavy (non-hydrogen) atoms. The Morgan fingerprint density at radius 1 is 1.55 bits per heavy atom. The normalized spacial score (nSPS) is 10.4. The molecule has 0 aliphatic carbocycles. The van der Waals surface area contributed by atoms with Crippen LogP contribution in [0, 0.1) is 6.92 Å². The predicted octanol–water partition coefficient (Wildman–Crippen LogP) is 0.930. The fraction of sp³-hybridized carbons (Fsp3) is 0.625. The minimum Gasteiger partial charge on any atom is -0.335 e. The van der Waals surface area contributed by atoms with Gasteiger partial charge in [-0.1, -0.05) is 0 Å². The first-order valence-electron chi connectivity index (χ1n) is 4.02. The molecule has 1 aromatic heterocycles. The number of unbranched alkanes of at least 4 members (excludes halogenated alkanes) is 1. The molecule has 0 fully saturated rings. The molecule has 0 aliphatic rings. The SMILES string of the molecule is Cc1nccn1CCCCN. The zero-order chi connectivity index (χ0) is 8.10. The largest absolute Gasteiger partial charge is 0.335 e. The second kappa shape index (κ2) is 4.13. The van der Waals surface area contributed by atoms with Crippen LogP contribution in [0.3, 0.4) is 0 Å². The Hall–Kier alpha value is -0.830. The molecule has 1 heterocycles. The van der Waals surface area contributed by atoms with Gasteiger partial charge in [-0.25, -0.2) is 4.98 Å². The summed E-state index contributed by atoms with van der Waals surface area (Å²) < 4.78 is 2.15. The lowest BCUT2D eigenvalue weighted by Crippen LogP contribution is -2.03. The van der Waals surface area contributed by atoms with Gasteiger partial charge in [0.05, 0.1) is 0 Å². The van der Waals surface area contributed by atoms with Gasteiger partial charge in [-0.2, -0.15) is 0 Å². The molecule has 0 spiro atoms. The van der Waals surface area contributed by atoms with E-state index in [0.717, 1.165) is 31.8 Å². The van der Waals surface area contributed by atoms with Gasteiger partial charge in [-0.3, -0.25) is 0 Å². The molecule has 62 valence electrons. The van der Waals surface area contributed by atoms with E-state index in [-0.39, 0.29) is 0 Å². The Bertz CT molecular complexity index is 205. The molecular formula is C8H15N3. The summed E-state index contributed by atoms with van der Waals surface area (Å²) in [6.45, 7) is 3.85. The topological polar surface area (TPSA) is 43.8 Å². The highest BCUT2D eigenvalue weighted by Crippen LogP contribution is 1.98. The van der Waals surface area contributed by atoms with E-state index in [1.54, 1.807) is 0 Å². The maximum Gasteiger partial charge on any atom is 0.105 e. The molecular weight excluding hydrogens is 138 g/mol. The number of aryl methyl sites for hydroxylation is 2. The van der Waals surface area contributed by atoms with E-state index in [9.17, 15) is 0 Å². The summed E-state index contributed by atoms with van der Waals surface area (Å²) in [5.41, 5.74) is 5.38. The van der Waals surface area contributed by atoms with Crippen LogP contribution in [-0.4, -0.2) is 16.1 Å².